The Labute approximate surface area is 191 Å². The third-order valence-electron chi connectivity index (χ3n) is 6.45. The van der Waals surface area contributed by atoms with Crippen molar-refractivity contribution < 1.29 is 18.8 Å². The van der Waals surface area contributed by atoms with Crippen LogP contribution in [0.2, 0.25) is 0 Å². The SMILES string of the molecule is Cc1cccn2c(=O)c3cc(C(=O)N4CCOCC4)c(N)[n+](CCN4CCOCC4)c3nc12. The largest absolute Gasteiger partial charge is 0.379 e. The molecular formula is C23H29N6O4+. The molecule has 0 radical (unpaired) electrons. The van der Waals surface area contributed by atoms with E-state index >= 15 is 0 Å². The summed E-state index contributed by atoms with van der Waals surface area (Å²) in [4.78, 5) is 35.7. The second kappa shape index (κ2) is 9.05. The van der Waals surface area contributed by atoms with E-state index in [0.29, 0.717) is 74.1 Å². The van der Waals surface area contributed by atoms with Crippen molar-refractivity contribution in [3.8, 4) is 0 Å². The topological polar surface area (TPSA) is 106 Å². The number of aromatic nitrogens is 3. The molecular weight excluding hydrogens is 424 g/mol. The highest BCUT2D eigenvalue weighted by Crippen LogP contribution is 2.18. The number of ether oxygens (including phenoxy) is 2. The number of rotatable bonds is 4. The van der Waals surface area contributed by atoms with Crippen molar-refractivity contribution in [2.24, 2.45) is 0 Å². The predicted octanol–water partition coefficient (Wildman–Crippen LogP) is -0.170. The number of nitrogens with two attached hydrogens (primary N) is 1. The lowest BCUT2D eigenvalue weighted by atomic mass is 10.1. The molecule has 10 heteroatoms. The summed E-state index contributed by atoms with van der Waals surface area (Å²) in [6.45, 7) is 8.20. The van der Waals surface area contributed by atoms with Gasteiger partial charge in [0.1, 0.15) is 10.9 Å². The van der Waals surface area contributed by atoms with Crippen molar-refractivity contribution in [1.82, 2.24) is 19.2 Å². The normalized spacial score (nSPS) is 17.7. The summed E-state index contributed by atoms with van der Waals surface area (Å²) in [5, 5.41) is 0.380. The van der Waals surface area contributed by atoms with Gasteiger partial charge in [0, 0.05) is 44.5 Å². The van der Waals surface area contributed by atoms with Crippen LogP contribution in [-0.2, 0) is 16.0 Å². The number of aryl methyl sites for hydroxylation is 1. The van der Waals surface area contributed by atoms with E-state index in [1.807, 2.05) is 23.6 Å². The lowest BCUT2D eigenvalue weighted by Gasteiger charge is -2.28. The fraction of sp³-hybridized carbons (Fsp3) is 0.478. The summed E-state index contributed by atoms with van der Waals surface area (Å²) in [7, 11) is 0. The maximum absolute atomic E-state index is 13.5. The van der Waals surface area contributed by atoms with E-state index in [1.54, 1.807) is 17.2 Å². The molecule has 0 unspecified atom stereocenters. The van der Waals surface area contributed by atoms with E-state index in [1.165, 1.54) is 4.40 Å². The fourth-order valence-electron chi connectivity index (χ4n) is 4.51. The standard InChI is InChI=1S/C23H28N6O4/c1-16-3-2-4-29-20(16)25-21-18(23(29)31)15-17(22(30)27-9-13-33-14-10-27)19(24)28(21)6-5-26-7-11-32-12-8-26/h2-4,15,24H,5-14H2,1H3/p+1. The fourth-order valence-corrected chi connectivity index (χ4v) is 4.51. The molecule has 174 valence electrons. The quantitative estimate of drug-likeness (QED) is 0.432. The lowest BCUT2D eigenvalue weighted by molar-refractivity contribution is -0.658. The van der Waals surface area contributed by atoms with Gasteiger partial charge in [-0.05, 0) is 19.1 Å². The van der Waals surface area contributed by atoms with Crippen LogP contribution in [0, 0.1) is 6.92 Å². The number of amides is 1. The second-order valence-electron chi connectivity index (χ2n) is 8.49. The molecule has 10 nitrogen and oxygen atoms in total. The molecule has 5 heterocycles. The van der Waals surface area contributed by atoms with Gasteiger partial charge in [0.15, 0.2) is 0 Å². The van der Waals surface area contributed by atoms with E-state index in [9.17, 15) is 9.59 Å². The average Bonchev–Trinajstić information content (AvgIpc) is 2.85. The van der Waals surface area contributed by atoms with Gasteiger partial charge in [0.2, 0.25) is 11.5 Å². The van der Waals surface area contributed by atoms with Crippen molar-refractivity contribution in [2.75, 3.05) is 64.9 Å². The summed E-state index contributed by atoms with van der Waals surface area (Å²) >= 11 is 0. The van der Waals surface area contributed by atoms with Gasteiger partial charge in [0.05, 0.1) is 33.0 Å². The van der Waals surface area contributed by atoms with Gasteiger partial charge in [-0.25, -0.2) is 4.57 Å². The average molecular weight is 454 g/mol. The van der Waals surface area contributed by atoms with Crippen LogP contribution in [0.1, 0.15) is 15.9 Å². The van der Waals surface area contributed by atoms with Gasteiger partial charge < -0.3 is 20.1 Å². The minimum atomic E-state index is -0.213. The molecule has 0 aromatic carbocycles. The number of hydrogen-bond donors (Lipinski definition) is 1. The Hall–Kier alpha value is -3.08. The predicted molar refractivity (Wildman–Crippen MR) is 122 cm³/mol. The van der Waals surface area contributed by atoms with E-state index in [2.05, 4.69) is 4.90 Å². The van der Waals surface area contributed by atoms with E-state index in [0.717, 1.165) is 25.2 Å². The molecule has 0 aliphatic carbocycles. The van der Waals surface area contributed by atoms with E-state index in [-0.39, 0.29) is 11.5 Å². The van der Waals surface area contributed by atoms with Crippen LogP contribution in [0.15, 0.2) is 29.2 Å². The lowest BCUT2D eigenvalue weighted by Crippen LogP contribution is -2.49. The molecule has 2 saturated heterocycles. The van der Waals surface area contributed by atoms with Gasteiger partial charge >= 0.3 is 0 Å². The minimum Gasteiger partial charge on any atom is -0.379 e. The Kier molecular flexibility index (Phi) is 5.96. The first-order valence-electron chi connectivity index (χ1n) is 11.4. The first kappa shape index (κ1) is 21.7. The Morgan fingerprint density at radius 3 is 2.58 bits per heavy atom. The molecule has 0 spiro atoms. The summed E-state index contributed by atoms with van der Waals surface area (Å²) in [5.41, 5.74) is 8.69. The van der Waals surface area contributed by atoms with Gasteiger partial charge in [0.25, 0.3) is 17.1 Å². The molecule has 3 aromatic rings. The highest BCUT2D eigenvalue weighted by Gasteiger charge is 2.28. The number of nitrogens with zero attached hydrogens (tertiary/aromatic N) is 5. The number of hydrogen-bond acceptors (Lipinski definition) is 7. The van der Waals surface area contributed by atoms with Gasteiger partial charge in [-0.2, -0.15) is 0 Å². The summed E-state index contributed by atoms with van der Waals surface area (Å²) in [6.07, 6.45) is 1.70. The summed E-state index contributed by atoms with van der Waals surface area (Å²) < 4.78 is 14.2. The van der Waals surface area contributed by atoms with Gasteiger partial charge in [-0.1, -0.05) is 11.1 Å². The highest BCUT2D eigenvalue weighted by molar-refractivity contribution is 6.00. The van der Waals surface area contributed by atoms with Crippen LogP contribution in [-0.4, -0.2) is 84.2 Å². The van der Waals surface area contributed by atoms with Crippen molar-refractivity contribution in [2.45, 2.75) is 13.5 Å². The van der Waals surface area contributed by atoms with Crippen LogP contribution in [0.3, 0.4) is 0 Å². The molecule has 2 fully saturated rings. The maximum atomic E-state index is 13.5. The number of fused-ring (bicyclic) bond motifs is 2. The monoisotopic (exact) mass is 453 g/mol. The minimum absolute atomic E-state index is 0.188. The number of anilines is 1. The first-order chi connectivity index (χ1) is 16.0. The van der Waals surface area contributed by atoms with Crippen LogP contribution in [0.4, 0.5) is 5.82 Å². The zero-order valence-corrected chi connectivity index (χ0v) is 18.8. The van der Waals surface area contributed by atoms with Crippen molar-refractivity contribution in [3.63, 3.8) is 0 Å². The molecule has 2 aliphatic rings. The molecule has 33 heavy (non-hydrogen) atoms. The third-order valence-corrected chi connectivity index (χ3v) is 6.45. The molecule has 0 saturated carbocycles. The second-order valence-corrected chi connectivity index (χ2v) is 8.49. The first-order valence-corrected chi connectivity index (χ1v) is 11.4. The molecule has 3 aromatic heterocycles. The zero-order valence-electron chi connectivity index (χ0n) is 18.8. The number of carbonyl (C=O) groups is 1. The number of morpholine rings is 2. The number of carbonyl (C=O) groups excluding carboxylic acids is 1. The van der Waals surface area contributed by atoms with Crippen molar-refractivity contribution in [3.05, 3.63) is 45.9 Å². The van der Waals surface area contributed by atoms with Crippen LogP contribution < -0.4 is 15.9 Å². The number of nitrogen functional groups attached to an aromatic ring is 1. The highest BCUT2D eigenvalue weighted by atomic mass is 16.5. The van der Waals surface area contributed by atoms with E-state index in [4.69, 9.17) is 20.2 Å². The Morgan fingerprint density at radius 1 is 1.15 bits per heavy atom. The third kappa shape index (κ3) is 4.05. The molecule has 2 N–H and O–H groups in total. The van der Waals surface area contributed by atoms with Crippen LogP contribution >= 0.6 is 0 Å². The van der Waals surface area contributed by atoms with Crippen LogP contribution in [0.25, 0.3) is 16.7 Å². The van der Waals surface area contributed by atoms with Crippen molar-refractivity contribution >= 4 is 28.4 Å². The van der Waals surface area contributed by atoms with Crippen molar-refractivity contribution in [1.29, 1.82) is 0 Å². The maximum Gasteiger partial charge on any atom is 0.278 e. The summed E-state index contributed by atoms with van der Waals surface area (Å²) in [6, 6.07) is 5.35. The molecule has 0 atom stereocenters. The Bertz CT molecular complexity index is 1260. The van der Waals surface area contributed by atoms with E-state index < -0.39 is 0 Å². The van der Waals surface area contributed by atoms with Gasteiger partial charge in [-0.3, -0.25) is 18.9 Å². The smallest absolute Gasteiger partial charge is 0.278 e. The molecule has 0 bridgehead atoms. The zero-order chi connectivity index (χ0) is 22.9. The number of pyridine rings is 2. The molecule has 1 amide bonds. The molecule has 2 aliphatic heterocycles. The summed E-state index contributed by atoms with van der Waals surface area (Å²) in [5.74, 6) is 0.142. The Morgan fingerprint density at radius 2 is 1.85 bits per heavy atom. The van der Waals surface area contributed by atoms with Gasteiger partial charge in [-0.15, -0.1) is 0 Å². The molecule has 5 rings (SSSR count). The Balaban J connectivity index is 1.66. The van der Waals surface area contributed by atoms with Crippen LogP contribution in [0.5, 0.6) is 0 Å².